The summed E-state index contributed by atoms with van der Waals surface area (Å²) < 4.78 is 0. The van der Waals surface area contributed by atoms with Crippen molar-refractivity contribution in [3.8, 4) is 0 Å². The number of hydrogen-bond acceptors (Lipinski definition) is 3. The normalized spacial score (nSPS) is 19.6. The van der Waals surface area contributed by atoms with Crippen LogP contribution in [0.15, 0.2) is 24.3 Å². The van der Waals surface area contributed by atoms with Gasteiger partial charge in [-0.2, -0.15) is 5.10 Å². The van der Waals surface area contributed by atoms with Crippen molar-refractivity contribution in [2.75, 3.05) is 6.54 Å². The van der Waals surface area contributed by atoms with Gasteiger partial charge in [0.2, 0.25) is 5.91 Å². The molecule has 1 atom stereocenters. The SMILES string of the molecule is Cc1n[nH]c(C)c1CCC(=O)NCC1(O)CCc2ccccc21. The lowest BCUT2D eigenvalue weighted by atomic mass is 9.96. The summed E-state index contributed by atoms with van der Waals surface area (Å²) in [6.45, 7) is 4.17. The summed E-state index contributed by atoms with van der Waals surface area (Å²) in [5.74, 6) is -0.0391. The molecule has 1 aliphatic rings. The Morgan fingerprint density at radius 2 is 2.17 bits per heavy atom. The van der Waals surface area contributed by atoms with Crippen LogP contribution in [0.3, 0.4) is 0 Å². The molecule has 5 heteroatoms. The van der Waals surface area contributed by atoms with E-state index in [-0.39, 0.29) is 12.5 Å². The molecule has 0 saturated carbocycles. The second-order valence-electron chi connectivity index (χ2n) is 6.38. The summed E-state index contributed by atoms with van der Waals surface area (Å²) in [5.41, 5.74) is 4.24. The molecular weight excluding hydrogens is 290 g/mol. The number of nitrogens with one attached hydrogen (secondary N) is 2. The van der Waals surface area contributed by atoms with E-state index in [1.807, 2.05) is 38.1 Å². The summed E-state index contributed by atoms with van der Waals surface area (Å²) in [6, 6.07) is 7.91. The summed E-state index contributed by atoms with van der Waals surface area (Å²) in [6.07, 6.45) is 2.58. The first-order valence-electron chi connectivity index (χ1n) is 8.07. The van der Waals surface area contributed by atoms with Crippen molar-refractivity contribution < 1.29 is 9.90 Å². The maximum atomic E-state index is 12.1. The number of benzene rings is 1. The predicted octanol–water partition coefficient (Wildman–Crippen LogP) is 1.91. The molecule has 0 fully saturated rings. The Kier molecular flexibility index (Phi) is 4.22. The van der Waals surface area contributed by atoms with Gasteiger partial charge < -0.3 is 10.4 Å². The summed E-state index contributed by atoms with van der Waals surface area (Å²) in [7, 11) is 0. The highest BCUT2D eigenvalue weighted by atomic mass is 16.3. The van der Waals surface area contributed by atoms with Crippen LogP contribution in [0.5, 0.6) is 0 Å². The number of aryl methyl sites for hydroxylation is 3. The minimum Gasteiger partial charge on any atom is -0.383 e. The molecule has 1 aromatic heterocycles. The van der Waals surface area contributed by atoms with E-state index in [0.717, 1.165) is 28.9 Å². The first-order chi connectivity index (χ1) is 11.0. The van der Waals surface area contributed by atoms with Crippen molar-refractivity contribution in [3.05, 3.63) is 52.3 Å². The molecule has 1 aliphatic carbocycles. The van der Waals surface area contributed by atoms with Crippen molar-refractivity contribution in [1.29, 1.82) is 0 Å². The Hall–Kier alpha value is -2.14. The Balaban J connectivity index is 1.56. The zero-order chi connectivity index (χ0) is 16.4. The number of carbonyl (C=O) groups excluding carboxylic acids is 1. The molecule has 3 rings (SSSR count). The van der Waals surface area contributed by atoms with Crippen molar-refractivity contribution >= 4 is 5.91 Å². The molecule has 0 spiro atoms. The number of nitrogens with zero attached hydrogens (tertiary/aromatic N) is 1. The smallest absolute Gasteiger partial charge is 0.220 e. The van der Waals surface area contributed by atoms with Crippen LogP contribution >= 0.6 is 0 Å². The third-order valence-corrected chi connectivity index (χ3v) is 4.79. The van der Waals surface area contributed by atoms with Crippen LogP contribution in [0.2, 0.25) is 0 Å². The average Bonchev–Trinajstić information content (AvgIpc) is 3.05. The van der Waals surface area contributed by atoms with Gasteiger partial charge in [-0.15, -0.1) is 0 Å². The predicted molar refractivity (Wildman–Crippen MR) is 88.1 cm³/mol. The van der Waals surface area contributed by atoms with Crippen molar-refractivity contribution in [2.45, 2.75) is 45.1 Å². The van der Waals surface area contributed by atoms with Gasteiger partial charge >= 0.3 is 0 Å². The number of aliphatic hydroxyl groups is 1. The van der Waals surface area contributed by atoms with Crippen LogP contribution < -0.4 is 5.32 Å². The van der Waals surface area contributed by atoms with Crippen molar-refractivity contribution in [2.24, 2.45) is 0 Å². The zero-order valence-corrected chi connectivity index (χ0v) is 13.6. The van der Waals surface area contributed by atoms with Gasteiger partial charge in [-0.3, -0.25) is 9.89 Å². The zero-order valence-electron chi connectivity index (χ0n) is 13.6. The third-order valence-electron chi connectivity index (χ3n) is 4.79. The van der Waals surface area contributed by atoms with Gasteiger partial charge in [0.05, 0.1) is 12.2 Å². The molecule has 1 aromatic carbocycles. The van der Waals surface area contributed by atoms with Gasteiger partial charge in [0.15, 0.2) is 0 Å². The average molecular weight is 313 g/mol. The maximum absolute atomic E-state index is 12.1. The fourth-order valence-corrected chi connectivity index (χ4v) is 3.37. The molecule has 2 aromatic rings. The second-order valence-corrected chi connectivity index (χ2v) is 6.38. The van der Waals surface area contributed by atoms with Gasteiger partial charge in [-0.1, -0.05) is 24.3 Å². The van der Waals surface area contributed by atoms with Gasteiger partial charge in [-0.05, 0) is 49.8 Å². The van der Waals surface area contributed by atoms with E-state index in [2.05, 4.69) is 15.5 Å². The van der Waals surface area contributed by atoms with E-state index in [0.29, 0.717) is 19.3 Å². The molecule has 0 aliphatic heterocycles. The van der Waals surface area contributed by atoms with E-state index in [4.69, 9.17) is 0 Å². The minimum atomic E-state index is -0.937. The molecule has 122 valence electrons. The number of fused-ring (bicyclic) bond motifs is 1. The van der Waals surface area contributed by atoms with Crippen LogP contribution in [0, 0.1) is 13.8 Å². The van der Waals surface area contributed by atoms with Crippen LogP contribution in [-0.4, -0.2) is 27.8 Å². The van der Waals surface area contributed by atoms with Gasteiger partial charge in [-0.25, -0.2) is 0 Å². The highest BCUT2D eigenvalue weighted by molar-refractivity contribution is 5.76. The largest absolute Gasteiger partial charge is 0.383 e. The number of aromatic amines is 1. The highest BCUT2D eigenvalue weighted by Gasteiger charge is 2.36. The lowest BCUT2D eigenvalue weighted by Crippen LogP contribution is -2.39. The molecule has 5 nitrogen and oxygen atoms in total. The fourth-order valence-electron chi connectivity index (χ4n) is 3.37. The molecule has 0 radical (unpaired) electrons. The molecule has 0 bridgehead atoms. The summed E-state index contributed by atoms with van der Waals surface area (Å²) in [4.78, 5) is 12.1. The van der Waals surface area contributed by atoms with E-state index >= 15 is 0 Å². The fraction of sp³-hybridized carbons (Fsp3) is 0.444. The maximum Gasteiger partial charge on any atom is 0.220 e. The van der Waals surface area contributed by atoms with Crippen molar-refractivity contribution in [1.82, 2.24) is 15.5 Å². The van der Waals surface area contributed by atoms with Gasteiger partial charge in [0.1, 0.15) is 5.60 Å². The first kappa shape index (κ1) is 15.7. The van der Waals surface area contributed by atoms with E-state index in [1.54, 1.807) is 0 Å². The molecule has 23 heavy (non-hydrogen) atoms. The number of hydrogen-bond donors (Lipinski definition) is 3. The number of amides is 1. The molecule has 3 N–H and O–H groups in total. The lowest BCUT2D eigenvalue weighted by Gasteiger charge is -2.24. The van der Waals surface area contributed by atoms with Crippen LogP contribution in [-0.2, 0) is 23.2 Å². The van der Waals surface area contributed by atoms with E-state index in [1.165, 1.54) is 5.56 Å². The second kappa shape index (κ2) is 6.16. The molecule has 1 heterocycles. The Bertz CT molecular complexity index is 703. The quantitative estimate of drug-likeness (QED) is 0.789. The van der Waals surface area contributed by atoms with E-state index < -0.39 is 5.60 Å². The molecule has 1 unspecified atom stereocenters. The van der Waals surface area contributed by atoms with Crippen LogP contribution in [0.1, 0.15) is 40.9 Å². The number of carbonyl (C=O) groups is 1. The Morgan fingerprint density at radius 3 is 2.91 bits per heavy atom. The third kappa shape index (κ3) is 3.15. The first-order valence-corrected chi connectivity index (χ1v) is 8.07. The molecular formula is C18H23N3O2. The molecule has 1 amide bonds. The monoisotopic (exact) mass is 313 g/mol. The van der Waals surface area contributed by atoms with Gasteiger partial charge in [0.25, 0.3) is 0 Å². The molecule has 0 saturated heterocycles. The van der Waals surface area contributed by atoms with E-state index in [9.17, 15) is 9.90 Å². The standard InChI is InChI=1S/C18H23N3O2/c1-12-15(13(2)21-20-12)7-8-17(22)19-11-18(23)10-9-14-5-3-4-6-16(14)18/h3-6,23H,7-11H2,1-2H3,(H,19,22)(H,20,21). The lowest BCUT2D eigenvalue weighted by molar-refractivity contribution is -0.122. The summed E-state index contributed by atoms with van der Waals surface area (Å²) >= 11 is 0. The number of aromatic nitrogens is 2. The van der Waals surface area contributed by atoms with Gasteiger partial charge in [0, 0.05) is 12.1 Å². The van der Waals surface area contributed by atoms with Crippen molar-refractivity contribution in [3.63, 3.8) is 0 Å². The number of rotatable bonds is 5. The number of H-pyrrole nitrogens is 1. The topological polar surface area (TPSA) is 78.0 Å². The van der Waals surface area contributed by atoms with Crippen LogP contribution in [0.25, 0.3) is 0 Å². The van der Waals surface area contributed by atoms with Crippen LogP contribution in [0.4, 0.5) is 0 Å². The highest BCUT2D eigenvalue weighted by Crippen LogP contribution is 2.36. The Labute approximate surface area is 136 Å². The minimum absolute atomic E-state index is 0.0391. The Morgan fingerprint density at radius 1 is 1.39 bits per heavy atom. The summed E-state index contributed by atoms with van der Waals surface area (Å²) in [5, 5.41) is 20.8.